The lowest BCUT2D eigenvalue weighted by Crippen LogP contribution is -2.36. The van der Waals surface area contributed by atoms with Crippen LogP contribution in [0.25, 0.3) is 0 Å². The predicted molar refractivity (Wildman–Crippen MR) is 95.6 cm³/mol. The number of amides is 1. The SMILES string of the molecule is CC1CCN(C(=O)COc2ccc(F)cc2Cl)c2ccccc2S1. The molecule has 1 unspecified atom stereocenters. The number of benzene rings is 2. The summed E-state index contributed by atoms with van der Waals surface area (Å²) in [6.07, 6.45) is 0.905. The Bertz CT molecular complexity index is 756. The van der Waals surface area contributed by atoms with Gasteiger partial charge in [-0.25, -0.2) is 4.39 Å². The fourth-order valence-electron chi connectivity index (χ4n) is 2.56. The molecule has 1 amide bonds. The molecule has 0 aromatic heterocycles. The molecule has 0 bridgehead atoms. The van der Waals surface area contributed by atoms with Crippen molar-refractivity contribution in [3.63, 3.8) is 0 Å². The molecule has 0 aliphatic carbocycles. The molecule has 2 aromatic carbocycles. The van der Waals surface area contributed by atoms with Crippen molar-refractivity contribution in [1.29, 1.82) is 0 Å². The van der Waals surface area contributed by atoms with E-state index in [2.05, 4.69) is 6.92 Å². The molecule has 1 atom stereocenters. The van der Waals surface area contributed by atoms with Gasteiger partial charge >= 0.3 is 0 Å². The molecule has 6 heteroatoms. The Kier molecular flexibility index (Phi) is 5.31. The number of anilines is 1. The number of ether oxygens (including phenoxy) is 1. The van der Waals surface area contributed by atoms with Crippen molar-refractivity contribution in [3.05, 3.63) is 53.3 Å². The van der Waals surface area contributed by atoms with Gasteiger partial charge in [0.05, 0.1) is 10.7 Å². The first-order valence-electron chi connectivity index (χ1n) is 7.68. The van der Waals surface area contributed by atoms with Gasteiger partial charge in [-0.3, -0.25) is 4.79 Å². The highest BCUT2D eigenvalue weighted by molar-refractivity contribution is 8.00. The van der Waals surface area contributed by atoms with Gasteiger partial charge < -0.3 is 9.64 Å². The van der Waals surface area contributed by atoms with Gasteiger partial charge in [-0.2, -0.15) is 0 Å². The van der Waals surface area contributed by atoms with Gasteiger partial charge in [-0.15, -0.1) is 11.8 Å². The third kappa shape index (κ3) is 3.84. The highest BCUT2D eigenvalue weighted by Gasteiger charge is 2.24. The first-order chi connectivity index (χ1) is 11.5. The van der Waals surface area contributed by atoms with E-state index in [0.717, 1.165) is 17.0 Å². The highest BCUT2D eigenvalue weighted by atomic mass is 35.5. The monoisotopic (exact) mass is 365 g/mol. The van der Waals surface area contributed by atoms with Gasteiger partial charge in [-0.1, -0.05) is 30.7 Å². The maximum Gasteiger partial charge on any atom is 0.264 e. The summed E-state index contributed by atoms with van der Waals surface area (Å²) in [5.74, 6) is -0.277. The molecular weight excluding hydrogens is 349 g/mol. The fraction of sp³-hybridized carbons (Fsp3) is 0.278. The van der Waals surface area contributed by atoms with Crippen molar-refractivity contribution in [2.75, 3.05) is 18.1 Å². The molecule has 0 spiro atoms. The standard InChI is InChI=1S/C18H17ClFNO2S/c1-12-8-9-21(15-4-2-3-5-17(15)24-12)18(22)11-23-16-7-6-13(20)10-14(16)19/h2-7,10,12H,8-9,11H2,1H3. The Labute approximate surface area is 149 Å². The second kappa shape index (κ2) is 7.45. The molecule has 2 aromatic rings. The normalized spacial score (nSPS) is 17.1. The van der Waals surface area contributed by atoms with E-state index in [4.69, 9.17) is 16.3 Å². The number of rotatable bonds is 3. The third-order valence-electron chi connectivity index (χ3n) is 3.79. The average Bonchev–Trinajstić information content (AvgIpc) is 2.72. The van der Waals surface area contributed by atoms with Gasteiger partial charge in [0.25, 0.3) is 5.91 Å². The van der Waals surface area contributed by atoms with Crippen molar-refractivity contribution < 1.29 is 13.9 Å². The van der Waals surface area contributed by atoms with Gasteiger partial charge in [0, 0.05) is 16.7 Å². The van der Waals surface area contributed by atoms with Crippen LogP contribution in [0.5, 0.6) is 5.75 Å². The van der Waals surface area contributed by atoms with E-state index < -0.39 is 5.82 Å². The zero-order valence-corrected chi connectivity index (χ0v) is 14.7. The molecule has 126 valence electrons. The quantitative estimate of drug-likeness (QED) is 0.784. The molecule has 3 rings (SSSR count). The van der Waals surface area contributed by atoms with Crippen molar-refractivity contribution in [2.24, 2.45) is 0 Å². The van der Waals surface area contributed by atoms with Crippen LogP contribution in [-0.2, 0) is 4.79 Å². The van der Waals surface area contributed by atoms with Crippen molar-refractivity contribution in [1.82, 2.24) is 0 Å². The van der Waals surface area contributed by atoms with Crippen molar-refractivity contribution in [2.45, 2.75) is 23.5 Å². The minimum Gasteiger partial charge on any atom is -0.482 e. The van der Waals surface area contributed by atoms with E-state index in [1.165, 1.54) is 18.2 Å². The summed E-state index contributed by atoms with van der Waals surface area (Å²) in [5.41, 5.74) is 0.908. The number of para-hydroxylation sites is 1. The summed E-state index contributed by atoms with van der Waals surface area (Å²) in [4.78, 5) is 15.5. The van der Waals surface area contributed by atoms with E-state index in [1.807, 2.05) is 24.3 Å². The van der Waals surface area contributed by atoms with Crippen LogP contribution in [-0.4, -0.2) is 24.3 Å². The van der Waals surface area contributed by atoms with Gasteiger partial charge in [0.1, 0.15) is 11.6 Å². The Morgan fingerprint density at radius 2 is 2.17 bits per heavy atom. The molecule has 1 aliphatic heterocycles. The van der Waals surface area contributed by atoms with Crippen molar-refractivity contribution >= 4 is 35.0 Å². The number of hydrogen-bond donors (Lipinski definition) is 0. The van der Waals surface area contributed by atoms with Crippen LogP contribution in [0.2, 0.25) is 5.02 Å². The smallest absolute Gasteiger partial charge is 0.264 e. The number of halogens is 2. The molecular formula is C18H17ClFNO2S. The topological polar surface area (TPSA) is 29.5 Å². The Hall–Kier alpha value is -1.72. The van der Waals surface area contributed by atoms with Crippen LogP contribution in [0.4, 0.5) is 10.1 Å². The number of thioether (sulfide) groups is 1. The molecule has 3 nitrogen and oxygen atoms in total. The van der Waals surface area contributed by atoms with E-state index >= 15 is 0 Å². The van der Waals surface area contributed by atoms with Crippen LogP contribution < -0.4 is 9.64 Å². The number of nitrogens with zero attached hydrogens (tertiary/aromatic N) is 1. The molecule has 0 saturated carbocycles. The lowest BCUT2D eigenvalue weighted by atomic mass is 10.2. The van der Waals surface area contributed by atoms with Gasteiger partial charge in [0.2, 0.25) is 0 Å². The number of fused-ring (bicyclic) bond motifs is 1. The molecule has 0 N–H and O–H groups in total. The average molecular weight is 366 g/mol. The number of carbonyl (C=O) groups excluding carboxylic acids is 1. The molecule has 0 fully saturated rings. The zero-order valence-electron chi connectivity index (χ0n) is 13.2. The second-order valence-corrected chi connectivity index (χ2v) is 7.48. The predicted octanol–water partition coefficient (Wildman–Crippen LogP) is 4.78. The second-order valence-electron chi connectivity index (χ2n) is 5.59. The Morgan fingerprint density at radius 3 is 2.96 bits per heavy atom. The van der Waals surface area contributed by atoms with Crippen molar-refractivity contribution in [3.8, 4) is 5.75 Å². The number of hydrogen-bond acceptors (Lipinski definition) is 3. The van der Waals surface area contributed by atoms with Gasteiger partial charge in [-0.05, 0) is 36.8 Å². The maximum atomic E-state index is 13.1. The van der Waals surface area contributed by atoms with Gasteiger partial charge in [0.15, 0.2) is 6.61 Å². The summed E-state index contributed by atoms with van der Waals surface area (Å²) in [6, 6.07) is 11.7. The van der Waals surface area contributed by atoms with Crippen LogP contribution in [0.15, 0.2) is 47.4 Å². The third-order valence-corrected chi connectivity index (χ3v) is 5.32. The van der Waals surface area contributed by atoms with E-state index in [0.29, 0.717) is 17.5 Å². The molecule has 1 heterocycles. The van der Waals surface area contributed by atoms with Crippen LogP contribution in [0.3, 0.4) is 0 Å². The lowest BCUT2D eigenvalue weighted by molar-refractivity contribution is -0.120. The zero-order chi connectivity index (χ0) is 17.1. The van der Waals surface area contributed by atoms with Crippen LogP contribution in [0.1, 0.15) is 13.3 Å². The maximum absolute atomic E-state index is 13.1. The molecule has 0 saturated heterocycles. The first-order valence-corrected chi connectivity index (χ1v) is 8.94. The summed E-state index contributed by atoms with van der Waals surface area (Å²) >= 11 is 7.71. The Balaban J connectivity index is 1.75. The minimum absolute atomic E-state index is 0.140. The number of carbonyl (C=O) groups is 1. The molecule has 1 aliphatic rings. The summed E-state index contributed by atoms with van der Waals surface area (Å²) in [5, 5.41) is 0.597. The minimum atomic E-state index is -0.439. The molecule has 24 heavy (non-hydrogen) atoms. The van der Waals surface area contributed by atoms with Crippen LogP contribution >= 0.6 is 23.4 Å². The Morgan fingerprint density at radius 1 is 1.38 bits per heavy atom. The summed E-state index contributed by atoms with van der Waals surface area (Å²) < 4.78 is 18.6. The molecule has 0 radical (unpaired) electrons. The van der Waals surface area contributed by atoms with E-state index in [1.54, 1.807) is 16.7 Å². The summed E-state index contributed by atoms with van der Waals surface area (Å²) in [7, 11) is 0. The van der Waals surface area contributed by atoms with E-state index in [9.17, 15) is 9.18 Å². The fourth-order valence-corrected chi connectivity index (χ4v) is 3.89. The first kappa shape index (κ1) is 17.1. The summed E-state index contributed by atoms with van der Waals surface area (Å²) in [6.45, 7) is 2.66. The van der Waals surface area contributed by atoms with E-state index in [-0.39, 0.29) is 17.5 Å². The van der Waals surface area contributed by atoms with Crippen LogP contribution in [0, 0.1) is 5.82 Å². The highest BCUT2D eigenvalue weighted by Crippen LogP contribution is 2.37. The lowest BCUT2D eigenvalue weighted by Gasteiger charge is -2.22. The largest absolute Gasteiger partial charge is 0.482 e.